The molecule has 0 spiro atoms. The highest BCUT2D eigenvalue weighted by molar-refractivity contribution is 6.35. The van der Waals surface area contributed by atoms with E-state index in [2.05, 4.69) is 0 Å². The van der Waals surface area contributed by atoms with Crippen LogP contribution in [0.1, 0.15) is 11.6 Å². The van der Waals surface area contributed by atoms with Crippen LogP contribution in [0.2, 0.25) is 10.0 Å². The molecule has 0 saturated carbocycles. The fourth-order valence-electron chi connectivity index (χ4n) is 4.31. The Kier molecular flexibility index (Phi) is 5.47. The third-order valence-electron chi connectivity index (χ3n) is 5.78. The maximum atomic E-state index is 14.5. The zero-order valence-corrected chi connectivity index (χ0v) is 18.6. The largest absolute Gasteiger partial charge is 0.273 e. The summed E-state index contributed by atoms with van der Waals surface area (Å²) in [6.45, 7) is 0. The predicted octanol–water partition coefficient (Wildman–Crippen LogP) is 5.09. The molecular formula is C23H14Cl2FN3O5. The van der Waals surface area contributed by atoms with E-state index in [4.69, 9.17) is 28.0 Å². The van der Waals surface area contributed by atoms with Gasteiger partial charge in [-0.05, 0) is 35.9 Å². The van der Waals surface area contributed by atoms with Crippen LogP contribution in [0.4, 0.5) is 21.5 Å². The van der Waals surface area contributed by atoms with Gasteiger partial charge in [0.1, 0.15) is 11.7 Å². The van der Waals surface area contributed by atoms with Crippen LogP contribution in [0.25, 0.3) is 0 Å². The molecule has 0 aliphatic carbocycles. The van der Waals surface area contributed by atoms with E-state index in [1.165, 1.54) is 47.5 Å². The van der Waals surface area contributed by atoms with E-state index in [1.807, 2.05) is 0 Å². The Morgan fingerprint density at radius 3 is 2.44 bits per heavy atom. The lowest BCUT2D eigenvalue weighted by Gasteiger charge is -2.29. The monoisotopic (exact) mass is 501 g/mol. The SMILES string of the molecule is O=C1[C@H]2[C@@H](ON(c3cccc([N+](=O)[O-])c3)[C@H]2c2ccc(Cl)cc2Cl)C(=O)N1c1ccccc1F. The standard InChI is InChI=1S/C23H14Cl2FN3O5/c24-12-8-9-15(16(25)10-12)20-19-21(34-28(20)13-4-3-5-14(11-13)29(32)33)23(31)27(22(19)30)18-7-2-1-6-17(18)26/h1-11,19-21H/t19-,20+,21-/m1/s1. The van der Waals surface area contributed by atoms with Crippen molar-refractivity contribution in [1.29, 1.82) is 0 Å². The molecule has 8 nitrogen and oxygen atoms in total. The van der Waals surface area contributed by atoms with Gasteiger partial charge in [-0.1, -0.05) is 47.5 Å². The molecule has 0 bridgehead atoms. The third-order valence-corrected chi connectivity index (χ3v) is 6.35. The van der Waals surface area contributed by atoms with E-state index in [-0.39, 0.29) is 22.1 Å². The summed E-state index contributed by atoms with van der Waals surface area (Å²) < 4.78 is 14.5. The average Bonchev–Trinajstić information content (AvgIpc) is 3.31. The zero-order valence-electron chi connectivity index (χ0n) is 17.1. The van der Waals surface area contributed by atoms with Gasteiger partial charge in [0.15, 0.2) is 6.10 Å². The van der Waals surface area contributed by atoms with E-state index in [9.17, 15) is 24.1 Å². The molecule has 2 aliphatic rings. The number of fused-ring (bicyclic) bond motifs is 1. The molecule has 0 radical (unpaired) electrons. The molecule has 34 heavy (non-hydrogen) atoms. The number of amides is 2. The Morgan fingerprint density at radius 2 is 1.74 bits per heavy atom. The van der Waals surface area contributed by atoms with Crippen LogP contribution in [0.5, 0.6) is 0 Å². The van der Waals surface area contributed by atoms with Gasteiger partial charge in [0.2, 0.25) is 5.91 Å². The van der Waals surface area contributed by atoms with Crippen molar-refractivity contribution >= 4 is 52.1 Å². The van der Waals surface area contributed by atoms with Crippen LogP contribution >= 0.6 is 23.2 Å². The van der Waals surface area contributed by atoms with Crippen molar-refractivity contribution in [2.75, 3.05) is 9.96 Å². The van der Waals surface area contributed by atoms with E-state index in [1.54, 1.807) is 18.2 Å². The first kappa shape index (κ1) is 22.3. The quantitative estimate of drug-likeness (QED) is 0.280. The molecule has 172 valence electrons. The van der Waals surface area contributed by atoms with Crippen LogP contribution in [-0.4, -0.2) is 22.8 Å². The first-order chi connectivity index (χ1) is 16.3. The average molecular weight is 502 g/mol. The number of hydroxylamine groups is 1. The molecule has 0 N–H and O–H groups in total. The molecule has 3 atom stereocenters. The minimum Gasteiger partial charge on any atom is -0.273 e. The van der Waals surface area contributed by atoms with E-state index in [0.29, 0.717) is 10.6 Å². The second-order valence-corrected chi connectivity index (χ2v) is 8.57. The summed E-state index contributed by atoms with van der Waals surface area (Å²) in [4.78, 5) is 44.2. The number of carbonyl (C=O) groups is 2. The van der Waals surface area contributed by atoms with Crippen LogP contribution in [0, 0.1) is 21.8 Å². The number of hydrogen-bond donors (Lipinski definition) is 0. The van der Waals surface area contributed by atoms with Crippen molar-refractivity contribution in [3.8, 4) is 0 Å². The number of nitro benzene ring substituents is 1. The fraction of sp³-hybridized carbons (Fsp3) is 0.130. The molecule has 3 aromatic rings. The first-order valence-electron chi connectivity index (χ1n) is 10.1. The summed E-state index contributed by atoms with van der Waals surface area (Å²) >= 11 is 12.5. The number of anilines is 2. The number of non-ortho nitro benzene ring substituents is 1. The fourth-order valence-corrected chi connectivity index (χ4v) is 4.83. The highest BCUT2D eigenvalue weighted by Gasteiger charge is 2.61. The Balaban J connectivity index is 1.64. The highest BCUT2D eigenvalue weighted by Crippen LogP contribution is 2.49. The molecule has 2 heterocycles. The van der Waals surface area contributed by atoms with Gasteiger partial charge in [0.05, 0.1) is 22.3 Å². The summed E-state index contributed by atoms with van der Waals surface area (Å²) in [6.07, 6.45) is -1.29. The molecule has 5 rings (SSSR count). The maximum Gasteiger partial charge on any atom is 0.271 e. The van der Waals surface area contributed by atoms with Crippen molar-refractivity contribution in [2.24, 2.45) is 5.92 Å². The van der Waals surface area contributed by atoms with Crippen LogP contribution in [0.15, 0.2) is 66.7 Å². The Labute approximate surface area is 202 Å². The molecule has 2 fully saturated rings. The number of nitrogens with zero attached hydrogens (tertiary/aromatic N) is 3. The number of halogens is 3. The summed E-state index contributed by atoms with van der Waals surface area (Å²) in [7, 11) is 0. The van der Waals surface area contributed by atoms with Crippen molar-refractivity contribution in [1.82, 2.24) is 0 Å². The molecule has 0 aromatic heterocycles. The van der Waals surface area contributed by atoms with Gasteiger partial charge in [-0.15, -0.1) is 0 Å². The second kappa shape index (κ2) is 8.35. The lowest BCUT2D eigenvalue weighted by Crippen LogP contribution is -2.38. The van der Waals surface area contributed by atoms with Gasteiger partial charge in [0.25, 0.3) is 11.6 Å². The van der Waals surface area contributed by atoms with Crippen molar-refractivity contribution < 1.29 is 23.7 Å². The first-order valence-corrected chi connectivity index (χ1v) is 10.8. The van der Waals surface area contributed by atoms with E-state index < -0.39 is 40.6 Å². The lowest BCUT2D eigenvalue weighted by molar-refractivity contribution is -0.384. The minimum absolute atomic E-state index is 0.182. The van der Waals surface area contributed by atoms with Gasteiger partial charge in [-0.2, -0.15) is 0 Å². The van der Waals surface area contributed by atoms with Crippen LogP contribution < -0.4 is 9.96 Å². The molecule has 3 aromatic carbocycles. The number of benzene rings is 3. The lowest BCUT2D eigenvalue weighted by atomic mass is 9.90. The summed E-state index contributed by atoms with van der Waals surface area (Å²) in [6, 6.07) is 14.7. The topological polar surface area (TPSA) is 93.0 Å². The normalized spacial score (nSPS) is 21.8. The predicted molar refractivity (Wildman–Crippen MR) is 122 cm³/mol. The molecule has 2 amide bonds. The van der Waals surface area contributed by atoms with Gasteiger partial charge >= 0.3 is 0 Å². The number of para-hydroxylation sites is 1. The van der Waals surface area contributed by atoms with E-state index in [0.717, 1.165) is 11.0 Å². The third kappa shape index (κ3) is 3.49. The Morgan fingerprint density at radius 1 is 0.971 bits per heavy atom. The Hall–Kier alpha value is -3.53. The number of hydrogen-bond acceptors (Lipinski definition) is 6. The van der Waals surface area contributed by atoms with E-state index >= 15 is 0 Å². The number of rotatable bonds is 4. The summed E-state index contributed by atoms with van der Waals surface area (Å²) in [5.74, 6) is -3.25. The molecule has 11 heteroatoms. The molecule has 2 aliphatic heterocycles. The summed E-state index contributed by atoms with van der Waals surface area (Å²) in [5.41, 5.74) is 0.280. The van der Waals surface area contributed by atoms with Crippen molar-refractivity contribution in [3.05, 3.63) is 98.3 Å². The molecular weight excluding hydrogens is 488 g/mol. The van der Waals surface area contributed by atoms with Gasteiger partial charge in [-0.25, -0.2) is 14.4 Å². The zero-order chi connectivity index (χ0) is 24.1. The summed E-state index contributed by atoms with van der Waals surface area (Å²) in [5, 5.41) is 13.1. The second-order valence-electron chi connectivity index (χ2n) is 7.73. The number of nitro groups is 1. The number of carbonyl (C=O) groups excluding carboxylic acids is 2. The minimum atomic E-state index is -1.29. The smallest absolute Gasteiger partial charge is 0.271 e. The molecule has 0 unspecified atom stereocenters. The van der Waals surface area contributed by atoms with Crippen molar-refractivity contribution in [3.63, 3.8) is 0 Å². The number of imide groups is 1. The van der Waals surface area contributed by atoms with Crippen LogP contribution in [-0.2, 0) is 14.4 Å². The highest BCUT2D eigenvalue weighted by atomic mass is 35.5. The molecule has 2 saturated heterocycles. The van der Waals surface area contributed by atoms with Gasteiger partial charge in [-0.3, -0.25) is 24.5 Å². The van der Waals surface area contributed by atoms with Crippen LogP contribution in [0.3, 0.4) is 0 Å². The Bertz CT molecular complexity index is 1350. The maximum absolute atomic E-state index is 14.5. The van der Waals surface area contributed by atoms with Gasteiger partial charge < -0.3 is 0 Å². The van der Waals surface area contributed by atoms with Gasteiger partial charge in [0, 0.05) is 22.2 Å². The van der Waals surface area contributed by atoms with Crippen molar-refractivity contribution in [2.45, 2.75) is 12.1 Å².